The summed E-state index contributed by atoms with van der Waals surface area (Å²) >= 11 is 4.93. The molecule has 0 atom stereocenters. The van der Waals surface area contributed by atoms with Crippen LogP contribution in [0.2, 0.25) is 0 Å². The Bertz CT molecular complexity index is 960. The smallest absolute Gasteiger partial charge is 0.253 e. The number of aromatic amines is 2. The maximum atomic E-state index is 12.9. The van der Waals surface area contributed by atoms with E-state index in [0.29, 0.717) is 28.5 Å². The van der Waals surface area contributed by atoms with E-state index < -0.39 is 5.60 Å². The largest absolute Gasteiger partial charge is 0.497 e. The summed E-state index contributed by atoms with van der Waals surface area (Å²) in [6, 6.07) is 6.41. The molecule has 0 saturated heterocycles. The molecule has 1 aromatic carbocycles. The molecule has 3 N–H and O–H groups in total. The van der Waals surface area contributed by atoms with Crippen molar-refractivity contribution < 1.29 is 14.3 Å². The summed E-state index contributed by atoms with van der Waals surface area (Å²) in [4.78, 5) is 29.6. The van der Waals surface area contributed by atoms with Gasteiger partial charge in [0.1, 0.15) is 22.9 Å². The number of Topliss-reactive ketones (excluding diaryl/α,β-unsaturated/α-hetero) is 1. The number of rotatable bonds is 3. The normalized spacial score (nSPS) is 16.9. The predicted molar refractivity (Wildman–Crippen MR) is 96.0 cm³/mol. The summed E-state index contributed by atoms with van der Waals surface area (Å²) in [5.74, 6) is 1.27. The molecule has 8 heteroatoms. The number of carbonyl (C=O) groups is 1. The zero-order valence-corrected chi connectivity index (χ0v) is 14.7. The molecule has 0 radical (unpaired) electrons. The molecular formula is C17H17N3O4S. The Balaban J connectivity index is 2.00. The second-order valence-corrected chi connectivity index (χ2v) is 6.42. The number of ether oxygens (including phenoxy) is 2. The van der Waals surface area contributed by atoms with Gasteiger partial charge in [0.2, 0.25) is 0 Å². The van der Waals surface area contributed by atoms with Gasteiger partial charge in [0.15, 0.2) is 10.6 Å². The van der Waals surface area contributed by atoms with Gasteiger partial charge in [-0.2, -0.15) is 0 Å². The van der Waals surface area contributed by atoms with Crippen LogP contribution in [0.3, 0.4) is 0 Å². The van der Waals surface area contributed by atoms with Crippen LogP contribution in [0.4, 0.5) is 5.82 Å². The Labute approximate surface area is 148 Å². The maximum absolute atomic E-state index is 12.9. The highest BCUT2D eigenvalue weighted by Gasteiger charge is 2.38. The highest BCUT2D eigenvalue weighted by Crippen LogP contribution is 2.38. The van der Waals surface area contributed by atoms with Crippen molar-refractivity contribution >= 4 is 23.8 Å². The Morgan fingerprint density at radius 1 is 1.24 bits per heavy atom. The molecule has 0 saturated carbocycles. The average molecular weight is 359 g/mol. The number of hydrogen-bond donors (Lipinski definition) is 3. The number of anilines is 1. The van der Waals surface area contributed by atoms with Crippen molar-refractivity contribution in [2.75, 3.05) is 12.4 Å². The minimum absolute atomic E-state index is 0.180. The monoisotopic (exact) mass is 359 g/mol. The molecule has 1 aliphatic heterocycles. The first kappa shape index (κ1) is 17.0. The second-order valence-electron chi connectivity index (χ2n) is 6.01. The molecule has 0 aliphatic carbocycles. The van der Waals surface area contributed by atoms with Gasteiger partial charge in [-0.05, 0) is 44.3 Å². The number of aromatic nitrogens is 2. The Morgan fingerprint density at radius 2 is 2.00 bits per heavy atom. The number of carbonyl (C=O) groups excluding carboxylic acids is 1. The molecule has 7 nitrogen and oxygen atoms in total. The lowest BCUT2D eigenvalue weighted by atomic mass is 9.87. The number of H-pyrrole nitrogens is 2. The molecule has 1 aromatic heterocycles. The van der Waals surface area contributed by atoms with Crippen LogP contribution in [0.25, 0.3) is 0 Å². The Kier molecular flexibility index (Phi) is 4.22. The van der Waals surface area contributed by atoms with E-state index >= 15 is 0 Å². The van der Waals surface area contributed by atoms with E-state index in [1.807, 2.05) is 0 Å². The average Bonchev–Trinajstić information content (AvgIpc) is 2.53. The molecule has 0 amide bonds. The second kappa shape index (κ2) is 6.21. The number of fused-ring (bicyclic) bond motifs is 1. The van der Waals surface area contributed by atoms with Crippen molar-refractivity contribution in [1.82, 2.24) is 9.97 Å². The van der Waals surface area contributed by atoms with Crippen LogP contribution in [0.1, 0.15) is 24.2 Å². The molecule has 3 rings (SSSR count). The first-order valence-corrected chi connectivity index (χ1v) is 7.93. The van der Waals surface area contributed by atoms with Crippen LogP contribution in [0, 0.1) is 4.77 Å². The summed E-state index contributed by atoms with van der Waals surface area (Å²) in [6.07, 6.45) is 1.52. The van der Waals surface area contributed by atoms with Gasteiger partial charge in [-0.15, -0.1) is 0 Å². The van der Waals surface area contributed by atoms with E-state index in [-0.39, 0.29) is 16.1 Å². The standard InChI is InChI=1S/C17H17N3O4S/c1-17(2)11(8-18-13-7-14(21)20-16(25)19-13)15(22)10-6-9(23-3)4-5-12(10)24-17/h4-8H,1-3H3,(H3,18,19,20,21,25)/b11-8+. The lowest BCUT2D eigenvalue weighted by Gasteiger charge is -2.34. The third kappa shape index (κ3) is 3.34. The molecule has 25 heavy (non-hydrogen) atoms. The van der Waals surface area contributed by atoms with Crippen LogP contribution in [0.15, 0.2) is 40.8 Å². The molecule has 0 spiro atoms. The summed E-state index contributed by atoms with van der Waals surface area (Å²) in [5.41, 5.74) is -0.354. The Hall–Kier alpha value is -2.87. The van der Waals surface area contributed by atoms with E-state index in [2.05, 4.69) is 15.3 Å². The minimum Gasteiger partial charge on any atom is -0.497 e. The van der Waals surface area contributed by atoms with Gasteiger partial charge >= 0.3 is 0 Å². The van der Waals surface area contributed by atoms with Crippen LogP contribution >= 0.6 is 12.2 Å². The fraction of sp³-hybridized carbons (Fsp3) is 0.235. The predicted octanol–water partition coefficient (Wildman–Crippen LogP) is 2.79. The van der Waals surface area contributed by atoms with E-state index in [4.69, 9.17) is 21.7 Å². The summed E-state index contributed by atoms with van der Waals surface area (Å²) in [5, 5.41) is 2.91. The van der Waals surface area contributed by atoms with Crippen molar-refractivity contribution in [2.24, 2.45) is 0 Å². The number of ketones is 1. The molecule has 1 aliphatic rings. The Morgan fingerprint density at radius 3 is 2.68 bits per heavy atom. The van der Waals surface area contributed by atoms with Gasteiger partial charge in [0.25, 0.3) is 5.56 Å². The van der Waals surface area contributed by atoms with Crippen LogP contribution in [-0.2, 0) is 0 Å². The highest BCUT2D eigenvalue weighted by atomic mass is 32.1. The van der Waals surface area contributed by atoms with Gasteiger partial charge in [0.05, 0.1) is 18.2 Å². The van der Waals surface area contributed by atoms with Crippen molar-refractivity contribution in [1.29, 1.82) is 0 Å². The molecule has 0 unspecified atom stereocenters. The lowest BCUT2D eigenvalue weighted by Crippen LogP contribution is -2.39. The minimum atomic E-state index is -0.844. The van der Waals surface area contributed by atoms with Crippen molar-refractivity contribution in [3.8, 4) is 11.5 Å². The number of methoxy groups -OCH3 is 1. The van der Waals surface area contributed by atoms with Crippen LogP contribution < -0.4 is 20.3 Å². The molecule has 0 fully saturated rings. The van der Waals surface area contributed by atoms with Gasteiger partial charge in [0, 0.05) is 12.3 Å². The van der Waals surface area contributed by atoms with E-state index in [0.717, 1.165) is 0 Å². The molecule has 2 aromatic rings. The van der Waals surface area contributed by atoms with E-state index in [1.54, 1.807) is 32.0 Å². The van der Waals surface area contributed by atoms with Gasteiger partial charge < -0.3 is 19.8 Å². The van der Waals surface area contributed by atoms with Crippen LogP contribution in [0.5, 0.6) is 11.5 Å². The molecule has 130 valence electrons. The number of benzene rings is 1. The number of nitrogens with one attached hydrogen (secondary N) is 3. The third-order valence-electron chi connectivity index (χ3n) is 3.82. The van der Waals surface area contributed by atoms with E-state index in [1.165, 1.54) is 19.4 Å². The SMILES string of the molecule is COc1ccc2c(c1)C(=O)/C(=C\Nc1cc(=O)[nH]c(=S)[nH]1)C(C)(C)O2. The maximum Gasteiger partial charge on any atom is 0.253 e. The summed E-state index contributed by atoms with van der Waals surface area (Å²) in [6.45, 7) is 3.59. The molecular weight excluding hydrogens is 342 g/mol. The van der Waals surface area contributed by atoms with Crippen molar-refractivity contribution in [2.45, 2.75) is 19.4 Å². The van der Waals surface area contributed by atoms with Gasteiger partial charge in [-0.25, -0.2) is 0 Å². The fourth-order valence-corrected chi connectivity index (χ4v) is 2.80. The third-order valence-corrected chi connectivity index (χ3v) is 4.03. The highest BCUT2D eigenvalue weighted by molar-refractivity contribution is 7.71. The zero-order valence-electron chi connectivity index (χ0n) is 13.9. The number of hydrogen-bond acceptors (Lipinski definition) is 6. The first-order chi connectivity index (χ1) is 11.8. The topological polar surface area (TPSA) is 96.2 Å². The van der Waals surface area contributed by atoms with Crippen LogP contribution in [-0.4, -0.2) is 28.5 Å². The first-order valence-electron chi connectivity index (χ1n) is 7.53. The van der Waals surface area contributed by atoms with Gasteiger partial charge in [-0.3, -0.25) is 14.6 Å². The summed E-state index contributed by atoms with van der Waals surface area (Å²) in [7, 11) is 1.54. The molecule has 2 heterocycles. The van der Waals surface area contributed by atoms with Gasteiger partial charge in [-0.1, -0.05) is 0 Å². The quantitative estimate of drug-likeness (QED) is 0.576. The lowest BCUT2D eigenvalue weighted by molar-refractivity contribution is 0.0855. The fourth-order valence-electron chi connectivity index (χ4n) is 2.59. The summed E-state index contributed by atoms with van der Waals surface area (Å²) < 4.78 is 11.3. The molecule has 0 bridgehead atoms. The van der Waals surface area contributed by atoms with Crippen molar-refractivity contribution in [3.63, 3.8) is 0 Å². The zero-order chi connectivity index (χ0) is 18.2. The van der Waals surface area contributed by atoms with Crippen molar-refractivity contribution in [3.05, 3.63) is 56.7 Å². The van der Waals surface area contributed by atoms with E-state index in [9.17, 15) is 9.59 Å².